The number of carbonyl (C=O) groups is 7. The fraction of sp³-hybridized carbons (Fsp3) is 0.517. The number of unbranched alkanes of at least 4 members (excludes halogenated alkanes) is 4. The van der Waals surface area contributed by atoms with Gasteiger partial charge in [0.25, 0.3) is 18.2 Å². The lowest BCUT2D eigenvalue weighted by atomic mass is 9.98. The van der Waals surface area contributed by atoms with Gasteiger partial charge in [-0.1, -0.05) is 65.1 Å². The molecule has 4 heterocycles. The first kappa shape index (κ1) is 69.8. The molecule has 1 aromatic heterocycles. The fourth-order valence-electron chi connectivity index (χ4n) is 10.5. The lowest BCUT2D eigenvalue weighted by Gasteiger charge is -2.33. The molecule has 0 spiro atoms. The number of methoxy groups -OCH3 is 1. The number of aliphatic hydroxyl groups is 6. The molecule has 90 heavy (non-hydrogen) atoms. The number of hydrogen-bond donors (Lipinski definition) is 13. The molecule has 30 nitrogen and oxygen atoms in total. The van der Waals surface area contributed by atoms with E-state index in [4.69, 9.17) is 18.9 Å². The van der Waals surface area contributed by atoms with Gasteiger partial charge in [-0.3, -0.25) is 33.6 Å². The number of benzene rings is 3. The maximum atomic E-state index is 14.6. The summed E-state index contributed by atoms with van der Waals surface area (Å²) in [4.78, 5) is 103. The van der Waals surface area contributed by atoms with Crippen LogP contribution < -0.4 is 35.5 Å². The second kappa shape index (κ2) is 33.4. The minimum absolute atomic E-state index is 0.00989. The van der Waals surface area contributed by atoms with Crippen LogP contribution in [0.3, 0.4) is 0 Å². The highest BCUT2D eigenvalue weighted by Gasteiger charge is 2.50. The van der Waals surface area contributed by atoms with Crippen molar-refractivity contribution < 1.29 is 97.6 Å². The van der Waals surface area contributed by atoms with E-state index >= 15 is 0 Å². The van der Waals surface area contributed by atoms with E-state index in [0.717, 1.165) is 73.1 Å². The van der Waals surface area contributed by atoms with Crippen molar-refractivity contribution in [3.63, 3.8) is 0 Å². The normalized spacial score (nSPS) is 24.9. The number of aromatic hydroxyl groups is 1. The van der Waals surface area contributed by atoms with Crippen molar-refractivity contribution in [3.05, 3.63) is 77.9 Å². The third-order valence-electron chi connectivity index (χ3n) is 15.4. The highest BCUT2D eigenvalue weighted by atomic mass is 32.2. The Hall–Kier alpha value is -7.65. The highest BCUT2D eigenvalue weighted by molar-refractivity contribution is 7.90. The molecule has 0 radical (unpaired) electrons. The number of aliphatic hydroxyl groups excluding tert-OH is 6. The van der Waals surface area contributed by atoms with Crippen molar-refractivity contribution in [2.24, 2.45) is 5.92 Å². The molecule has 13 N–H and O–H groups in total. The van der Waals surface area contributed by atoms with Gasteiger partial charge in [0.1, 0.15) is 52.0 Å². The van der Waals surface area contributed by atoms with E-state index in [2.05, 4.69) is 46.2 Å². The van der Waals surface area contributed by atoms with E-state index in [1.165, 1.54) is 36.5 Å². The van der Waals surface area contributed by atoms with Crippen molar-refractivity contribution >= 4 is 65.0 Å². The van der Waals surface area contributed by atoms with Gasteiger partial charge in [-0.05, 0) is 73.9 Å². The van der Waals surface area contributed by atoms with E-state index in [9.17, 15) is 74.6 Å². The van der Waals surface area contributed by atoms with Gasteiger partial charge in [0.05, 0.1) is 55.7 Å². The van der Waals surface area contributed by atoms with Crippen LogP contribution in [-0.4, -0.2) is 215 Å². The number of amides is 7. The Morgan fingerprint density at radius 2 is 1.41 bits per heavy atom. The monoisotopic (exact) mass is 1290 g/mol. The van der Waals surface area contributed by atoms with Crippen molar-refractivity contribution in [2.45, 2.75) is 145 Å². The summed E-state index contributed by atoms with van der Waals surface area (Å²) < 4.78 is 20.3. The zero-order chi connectivity index (χ0) is 65.2. The maximum absolute atomic E-state index is 14.6. The second-order valence-electron chi connectivity index (χ2n) is 22.1. The average Bonchev–Trinajstić information content (AvgIpc) is 1.79. The van der Waals surface area contributed by atoms with Crippen molar-refractivity contribution in [1.82, 2.24) is 46.6 Å². The fourth-order valence-corrected chi connectivity index (χ4v) is 11.6. The molecule has 3 fully saturated rings. The Labute approximate surface area is 525 Å². The molecule has 3 saturated heterocycles. The van der Waals surface area contributed by atoms with Crippen LogP contribution in [0.1, 0.15) is 81.1 Å². The molecule has 0 saturated carbocycles. The van der Waals surface area contributed by atoms with Crippen LogP contribution in [0.5, 0.6) is 17.2 Å². The molecule has 4 aromatic rings. The Morgan fingerprint density at radius 1 is 0.778 bits per heavy atom. The molecular weight excluding hydrogens is 1220 g/mol. The number of nitriles is 1. The van der Waals surface area contributed by atoms with Gasteiger partial charge in [-0.25, -0.2) is 5.26 Å². The van der Waals surface area contributed by atoms with E-state index in [1.54, 1.807) is 25.3 Å². The van der Waals surface area contributed by atoms with Crippen LogP contribution in [0, 0.1) is 17.2 Å². The Bertz CT molecular complexity index is 3140. The van der Waals surface area contributed by atoms with Crippen LogP contribution in [0.2, 0.25) is 0 Å². The predicted octanol–water partition coefficient (Wildman–Crippen LogP) is -0.221. The largest absolute Gasteiger partial charge is 0.504 e. The lowest BCUT2D eigenvalue weighted by molar-refractivity contribution is -0.433. The summed E-state index contributed by atoms with van der Waals surface area (Å²) in [6.45, 7) is 2.30. The summed E-state index contributed by atoms with van der Waals surface area (Å²) in [6.07, 6.45) is -7.93. The van der Waals surface area contributed by atoms with Crippen molar-refractivity contribution in [3.8, 4) is 44.5 Å². The zero-order valence-corrected chi connectivity index (χ0v) is 50.9. The molecule has 3 aliphatic rings. The maximum Gasteiger partial charge on any atom is 0.261 e. The molecule has 13 atom stereocenters. The quantitative estimate of drug-likeness (QED) is 0.0198. The number of ether oxygens (including phenoxy) is 2. The smallest absolute Gasteiger partial charge is 0.261 e. The molecule has 0 aliphatic carbocycles. The number of fused-ring (bicyclic) bond motifs is 2. The van der Waals surface area contributed by atoms with Gasteiger partial charge in [0.2, 0.25) is 35.4 Å². The van der Waals surface area contributed by atoms with Crippen molar-refractivity contribution in [2.75, 3.05) is 40.0 Å². The lowest BCUT2D eigenvalue weighted by Crippen LogP contribution is -2.64. The molecule has 3 aromatic carbocycles. The van der Waals surface area contributed by atoms with E-state index in [0.29, 0.717) is 27.9 Å². The summed E-state index contributed by atoms with van der Waals surface area (Å²) in [5.41, 5.74) is 1.49. The van der Waals surface area contributed by atoms with E-state index in [-0.39, 0.29) is 35.7 Å². The van der Waals surface area contributed by atoms with E-state index in [1.807, 2.05) is 24.3 Å². The Balaban J connectivity index is 1.14. The first-order chi connectivity index (χ1) is 43.1. The highest BCUT2D eigenvalue weighted by Crippen LogP contribution is 2.33. The number of nitrogens with one attached hydrogen (secondary N) is 5. The van der Waals surface area contributed by atoms with E-state index < -0.39 is 165 Å². The van der Waals surface area contributed by atoms with Crippen LogP contribution in [0.15, 0.2) is 66.7 Å². The summed E-state index contributed by atoms with van der Waals surface area (Å²) in [5.74, 6) is -8.97. The SMILES string of the molecule is COCCCCCCCOc1ccc(-c2nnc(-c3ccc(C(=O)N[C@H]4C[C@H](O)CNC(=O)C5[C@@H](O)C(C)CN5C(=O)[C@H]([C@H](O)CC#N)NC(=O)C([C@H](O)Cc5ccc(O)c(OSOOO)c5)NC(=O)C5CC(O)CN5C(=O)C(C(C)O)NC4=O)cc3)s2)cc1. The molecule has 0 bridgehead atoms. The van der Waals surface area contributed by atoms with Crippen LogP contribution in [0.25, 0.3) is 21.1 Å². The number of carbonyl (C=O) groups excluding carboxylic acids is 7. The predicted molar refractivity (Wildman–Crippen MR) is 317 cm³/mol. The Morgan fingerprint density at radius 3 is 2.07 bits per heavy atom. The van der Waals surface area contributed by atoms with Gasteiger partial charge in [0.15, 0.2) is 11.5 Å². The third-order valence-corrected chi connectivity index (χ3v) is 16.8. The molecule has 488 valence electrons. The van der Waals surface area contributed by atoms with Gasteiger partial charge >= 0.3 is 0 Å². The number of phenolic OH excluding ortho intramolecular Hbond substituents is 1. The summed E-state index contributed by atoms with van der Waals surface area (Å²) in [5, 5.41) is 122. The molecule has 7 amide bonds. The minimum Gasteiger partial charge on any atom is -0.504 e. The minimum atomic E-state index is -2.16. The van der Waals surface area contributed by atoms with Crippen LogP contribution in [-0.2, 0) is 49.3 Å². The van der Waals surface area contributed by atoms with Gasteiger partial charge < -0.3 is 85.8 Å². The standard InChI is InChI=1S/C58H74N10O20S2/c1-30-28-68-48(49(30)75)54(80)60-27-36(70)25-39(61-50(76)33-10-12-34(13-11-33)55-65-66-56(89-55)35-14-16-38(17-15-35)85-22-8-6-4-5-7-21-84-3)51(77)62-45(31(2)69)57(81)67-29-37(71)26-40(67)52(78)63-46(53(79)64-47(58(68)82)42(73)19-20-59)43(74)23-32-9-18-41(72)44(24-32)86-90-88-87-83/h9-18,24,30-31,36-37,39-40,42-43,45-49,69-75,83H,4-8,19,21-23,25-29H2,1-3H3,(H,60,80)(H,61,76)(H,62,77)(H,63,78)(H,64,79)/t30?,31?,36-,37?,39-,40?,42+,43+,45?,46?,47-,48?,49-/m0/s1. The topological polar surface area (TPSA) is 444 Å². The summed E-state index contributed by atoms with van der Waals surface area (Å²) in [7, 11) is 1.69. The van der Waals surface area contributed by atoms with Gasteiger partial charge in [-0.15, -0.1) is 10.2 Å². The molecule has 3 aliphatic heterocycles. The molecule has 32 heteroatoms. The molecular formula is C58H74N10O20S2. The number of nitrogens with zero attached hydrogens (tertiary/aromatic N) is 5. The number of hydrogen-bond acceptors (Lipinski definition) is 25. The first-order valence-corrected chi connectivity index (χ1v) is 30.5. The third kappa shape index (κ3) is 18.5. The first-order valence-electron chi connectivity index (χ1n) is 29.0. The van der Waals surface area contributed by atoms with Crippen LogP contribution in [0.4, 0.5) is 0 Å². The second-order valence-corrected chi connectivity index (χ2v) is 23.5. The number of aromatic nitrogens is 2. The molecule has 7 rings (SSSR count). The van der Waals surface area contributed by atoms with Gasteiger partial charge in [0, 0.05) is 75.2 Å². The number of phenols is 1. The number of β-amino-alcohol motifs (C(OH)–C–C–N with tert-alkyl or cyclic N) is 1. The summed E-state index contributed by atoms with van der Waals surface area (Å²) >= 11 is 1.36. The van der Waals surface area contributed by atoms with Crippen molar-refractivity contribution in [1.29, 1.82) is 5.26 Å². The average molecular weight is 1300 g/mol. The summed E-state index contributed by atoms with van der Waals surface area (Å²) in [6, 6.07) is 7.28. The molecule has 7 unspecified atom stereocenters. The van der Waals surface area contributed by atoms with Gasteiger partial charge in [-0.2, -0.15) is 5.26 Å². The zero-order valence-electron chi connectivity index (χ0n) is 49.3. The number of rotatable bonds is 23. The van der Waals surface area contributed by atoms with Crippen LogP contribution >= 0.6 is 23.7 Å². The Kier molecular flexibility index (Phi) is 25.9.